The Bertz CT molecular complexity index is 1080. The normalized spacial score (nSPS) is 11.2. The van der Waals surface area contributed by atoms with Crippen molar-refractivity contribution in [3.8, 4) is 0 Å². The Morgan fingerprint density at radius 3 is 2.27 bits per heavy atom. The van der Waals surface area contributed by atoms with Crippen LogP contribution in [0.5, 0.6) is 0 Å². The maximum absolute atomic E-state index is 13.7. The average Bonchev–Trinajstić information content (AvgIpc) is 3.17. The molecule has 3 aromatic carbocycles. The molecule has 152 valence electrons. The summed E-state index contributed by atoms with van der Waals surface area (Å²) in [5.41, 5.74) is 6.13. The number of hydrogen-bond acceptors (Lipinski definition) is 1. The standard InChI is InChI=1S/C27H27FN2/c1-22-9-5-6-13-25(22)20-30-16-8-15-27(30)21-29(18-23-10-3-2-4-11-23)19-24-12-7-14-26(28)17-24/h2-17H,18-21H2,1H3. The van der Waals surface area contributed by atoms with Gasteiger partial charge in [0.05, 0.1) is 0 Å². The van der Waals surface area contributed by atoms with Gasteiger partial charge in [0.2, 0.25) is 0 Å². The Labute approximate surface area is 178 Å². The Balaban J connectivity index is 1.56. The van der Waals surface area contributed by atoms with E-state index in [1.54, 1.807) is 12.1 Å². The van der Waals surface area contributed by atoms with Gasteiger partial charge in [0.25, 0.3) is 0 Å². The first-order valence-corrected chi connectivity index (χ1v) is 10.4. The number of nitrogens with zero attached hydrogens (tertiary/aromatic N) is 2. The number of rotatable bonds is 8. The van der Waals surface area contributed by atoms with Gasteiger partial charge in [-0.1, -0.05) is 66.7 Å². The first-order valence-electron chi connectivity index (χ1n) is 10.4. The van der Waals surface area contributed by atoms with Crippen molar-refractivity contribution in [3.05, 3.63) is 131 Å². The molecular weight excluding hydrogens is 371 g/mol. The predicted molar refractivity (Wildman–Crippen MR) is 121 cm³/mol. The summed E-state index contributed by atoms with van der Waals surface area (Å²) in [6.07, 6.45) is 2.14. The van der Waals surface area contributed by atoms with Crippen LogP contribution in [0.15, 0.2) is 97.2 Å². The van der Waals surface area contributed by atoms with Gasteiger partial charge in [0.1, 0.15) is 5.82 Å². The molecule has 0 bridgehead atoms. The highest BCUT2D eigenvalue weighted by molar-refractivity contribution is 5.27. The molecule has 2 nitrogen and oxygen atoms in total. The first-order chi connectivity index (χ1) is 14.7. The molecule has 30 heavy (non-hydrogen) atoms. The Morgan fingerprint density at radius 2 is 1.47 bits per heavy atom. The summed E-state index contributed by atoms with van der Waals surface area (Å²) < 4.78 is 16.1. The summed E-state index contributed by atoms with van der Waals surface area (Å²) in [6, 6.07) is 30.2. The molecule has 0 aliphatic carbocycles. The van der Waals surface area contributed by atoms with Gasteiger partial charge in [-0.05, 0) is 53.4 Å². The highest BCUT2D eigenvalue weighted by atomic mass is 19.1. The lowest BCUT2D eigenvalue weighted by Crippen LogP contribution is -2.24. The Morgan fingerprint density at radius 1 is 0.733 bits per heavy atom. The minimum Gasteiger partial charge on any atom is -0.346 e. The van der Waals surface area contributed by atoms with Gasteiger partial charge >= 0.3 is 0 Å². The lowest BCUT2D eigenvalue weighted by atomic mass is 10.1. The summed E-state index contributed by atoms with van der Waals surface area (Å²) in [5, 5.41) is 0. The number of aryl methyl sites for hydroxylation is 1. The van der Waals surface area contributed by atoms with Crippen molar-refractivity contribution < 1.29 is 4.39 Å². The van der Waals surface area contributed by atoms with Gasteiger partial charge < -0.3 is 4.57 Å². The van der Waals surface area contributed by atoms with Crippen LogP contribution < -0.4 is 0 Å². The van der Waals surface area contributed by atoms with Crippen molar-refractivity contribution in [1.29, 1.82) is 0 Å². The van der Waals surface area contributed by atoms with Crippen LogP contribution in [0.25, 0.3) is 0 Å². The molecule has 0 amide bonds. The quantitative estimate of drug-likeness (QED) is 0.344. The van der Waals surface area contributed by atoms with Crippen molar-refractivity contribution in [2.75, 3.05) is 0 Å². The zero-order valence-electron chi connectivity index (χ0n) is 17.3. The van der Waals surface area contributed by atoms with Gasteiger partial charge in [-0.3, -0.25) is 4.90 Å². The second-order valence-electron chi connectivity index (χ2n) is 7.81. The molecule has 1 aromatic heterocycles. The minimum atomic E-state index is -0.185. The second kappa shape index (κ2) is 9.55. The average molecular weight is 399 g/mol. The van der Waals surface area contributed by atoms with E-state index in [1.165, 1.54) is 28.5 Å². The van der Waals surface area contributed by atoms with E-state index in [4.69, 9.17) is 0 Å². The molecule has 0 aliphatic rings. The summed E-state index contributed by atoms with van der Waals surface area (Å²) >= 11 is 0. The van der Waals surface area contributed by atoms with Gasteiger partial charge in [0.15, 0.2) is 0 Å². The number of benzene rings is 3. The smallest absolute Gasteiger partial charge is 0.123 e. The van der Waals surface area contributed by atoms with E-state index in [2.05, 4.69) is 83.3 Å². The fraction of sp³-hybridized carbons (Fsp3) is 0.185. The van der Waals surface area contributed by atoms with Crippen LogP contribution in [0.2, 0.25) is 0 Å². The molecule has 0 aliphatic heterocycles. The molecule has 1 heterocycles. The van der Waals surface area contributed by atoms with Crippen molar-refractivity contribution in [3.63, 3.8) is 0 Å². The lowest BCUT2D eigenvalue weighted by molar-refractivity contribution is 0.241. The van der Waals surface area contributed by atoms with Gasteiger partial charge in [-0.15, -0.1) is 0 Å². The van der Waals surface area contributed by atoms with E-state index in [-0.39, 0.29) is 5.82 Å². The van der Waals surface area contributed by atoms with Crippen molar-refractivity contribution in [1.82, 2.24) is 9.47 Å². The molecule has 4 rings (SSSR count). The molecule has 4 aromatic rings. The van der Waals surface area contributed by atoms with E-state index in [9.17, 15) is 4.39 Å². The maximum atomic E-state index is 13.7. The van der Waals surface area contributed by atoms with Crippen LogP contribution in [-0.4, -0.2) is 9.47 Å². The third kappa shape index (κ3) is 5.25. The molecule has 0 spiro atoms. The van der Waals surface area contributed by atoms with Crippen LogP contribution >= 0.6 is 0 Å². The predicted octanol–water partition coefficient (Wildman–Crippen LogP) is 6.19. The highest BCUT2D eigenvalue weighted by Crippen LogP contribution is 2.17. The van der Waals surface area contributed by atoms with E-state index < -0.39 is 0 Å². The number of halogens is 1. The van der Waals surface area contributed by atoms with Crippen LogP contribution in [0.4, 0.5) is 4.39 Å². The van der Waals surface area contributed by atoms with E-state index in [1.807, 2.05) is 12.1 Å². The summed E-state index contributed by atoms with van der Waals surface area (Å²) in [4.78, 5) is 2.37. The number of aromatic nitrogens is 1. The fourth-order valence-corrected chi connectivity index (χ4v) is 3.85. The van der Waals surface area contributed by atoms with E-state index in [0.717, 1.165) is 25.2 Å². The molecule has 3 heteroatoms. The molecule has 0 fully saturated rings. The van der Waals surface area contributed by atoms with Crippen LogP contribution in [-0.2, 0) is 26.2 Å². The highest BCUT2D eigenvalue weighted by Gasteiger charge is 2.12. The van der Waals surface area contributed by atoms with Gasteiger partial charge in [0, 0.05) is 38.1 Å². The lowest BCUT2D eigenvalue weighted by Gasteiger charge is -2.24. The summed E-state index contributed by atoms with van der Waals surface area (Å²) in [6.45, 7) is 5.32. The van der Waals surface area contributed by atoms with E-state index in [0.29, 0.717) is 6.54 Å². The summed E-state index contributed by atoms with van der Waals surface area (Å²) in [5.74, 6) is -0.185. The van der Waals surface area contributed by atoms with Crippen LogP contribution in [0, 0.1) is 12.7 Å². The zero-order valence-corrected chi connectivity index (χ0v) is 17.3. The third-order valence-electron chi connectivity index (χ3n) is 5.46. The fourth-order valence-electron chi connectivity index (χ4n) is 3.85. The molecular formula is C27H27FN2. The molecule has 0 unspecified atom stereocenters. The topological polar surface area (TPSA) is 8.17 Å². The van der Waals surface area contributed by atoms with Crippen molar-refractivity contribution >= 4 is 0 Å². The minimum absolute atomic E-state index is 0.185. The van der Waals surface area contributed by atoms with E-state index >= 15 is 0 Å². The SMILES string of the molecule is Cc1ccccc1Cn1cccc1CN(Cc1ccccc1)Cc1cccc(F)c1. The molecule has 0 N–H and O–H groups in total. The van der Waals surface area contributed by atoms with Crippen LogP contribution in [0.1, 0.15) is 27.9 Å². The van der Waals surface area contributed by atoms with Crippen molar-refractivity contribution in [2.45, 2.75) is 33.1 Å². The van der Waals surface area contributed by atoms with Crippen LogP contribution in [0.3, 0.4) is 0 Å². The maximum Gasteiger partial charge on any atom is 0.123 e. The van der Waals surface area contributed by atoms with Gasteiger partial charge in [-0.2, -0.15) is 0 Å². The first kappa shape index (κ1) is 20.1. The summed E-state index contributed by atoms with van der Waals surface area (Å²) in [7, 11) is 0. The largest absolute Gasteiger partial charge is 0.346 e. The zero-order chi connectivity index (χ0) is 20.8. The number of hydrogen-bond donors (Lipinski definition) is 0. The second-order valence-corrected chi connectivity index (χ2v) is 7.81. The Hall–Kier alpha value is -3.17. The molecule has 0 atom stereocenters. The molecule has 0 saturated heterocycles. The van der Waals surface area contributed by atoms with Crippen molar-refractivity contribution in [2.24, 2.45) is 0 Å². The van der Waals surface area contributed by atoms with Gasteiger partial charge in [-0.25, -0.2) is 4.39 Å². The Kier molecular flexibility index (Phi) is 6.41. The molecule has 0 saturated carbocycles. The third-order valence-corrected chi connectivity index (χ3v) is 5.46. The molecule has 0 radical (unpaired) electrons. The monoisotopic (exact) mass is 398 g/mol.